The Kier molecular flexibility index (Phi) is 6.24. The Bertz CT molecular complexity index is 1580. The van der Waals surface area contributed by atoms with Crippen LogP contribution in [0.5, 0.6) is 0 Å². The monoisotopic (exact) mass is 503 g/mol. The molecular weight excluding hydrogens is 483 g/mol. The van der Waals surface area contributed by atoms with E-state index in [9.17, 15) is 26.4 Å². The van der Waals surface area contributed by atoms with Gasteiger partial charge in [0.15, 0.2) is 11.6 Å². The number of nitrogens with two attached hydrogens (primary N) is 1. The standard InChI is InChI=1S/C23H20F3N5O3S/c1-12(2)31-21-15(10-28-23(27)29-21)7-17(22(31)32)14-8-18(25)20(19(26)9-14)30-35(33,34)11-13-3-5-16(24)6-4-13/h3-10,12,30H,11H2,1-2H3,(H2,27,28,29). The first-order valence-corrected chi connectivity index (χ1v) is 12.0. The van der Waals surface area contributed by atoms with Gasteiger partial charge in [-0.05, 0) is 55.3 Å². The molecule has 0 amide bonds. The largest absolute Gasteiger partial charge is 0.368 e. The predicted octanol–water partition coefficient (Wildman–Crippen LogP) is 3.98. The summed E-state index contributed by atoms with van der Waals surface area (Å²) in [5.41, 5.74) is 4.56. The molecule has 8 nitrogen and oxygen atoms in total. The molecule has 4 rings (SSSR count). The molecule has 0 aliphatic rings. The molecule has 0 spiro atoms. The van der Waals surface area contributed by atoms with Gasteiger partial charge < -0.3 is 5.73 Å². The second-order valence-electron chi connectivity index (χ2n) is 8.14. The lowest BCUT2D eigenvalue weighted by molar-refractivity contribution is 0.582. The van der Waals surface area contributed by atoms with Gasteiger partial charge in [-0.1, -0.05) is 12.1 Å². The minimum Gasteiger partial charge on any atom is -0.368 e. The Labute approximate surface area is 198 Å². The fourth-order valence-corrected chi connectivity index (χ4v) is 4.85. The lowest BCUT2D eigenvalue weighted by Gasteiger charge is -2.16. The van der Waals surface area contributed by atoms with E-state index in [0.29, 0.717) is 5.39 Å². The van der Waals surface area contributed by atoms with Crippen molar-refractivity contribution in [3.63, 3.8) is 0 Å². The number of rotatable bonds is 6. The number of hydrogen-bond acceptors (Lipinski definition) is 6. The van der Waals surface area contributed by atoms with Crippen LogP contribution in [0.1, 0.15) is 25.5 Å². The van der Waals surface area contributed by atoms with Gasteiger partial charge in [0, 0.05) is 23.2 Å². The van der Waals surface area contributed by atoms with E-state index in [0.717, 1.165) is 24.3 Å². The van der Waals surface area contributed by atoms with Crippen molar-refractivity contribution in [2.45, 2.75) is 25.6 Å². The van der Waals surface area contributed by atoms with Crippen LogP contribution in [0.25, 0.3) is 22.2 Å². The van der Waals surface area contributed by atoms with Gasteiger partial charge in [-0.25, -0.2) is 26.6 Å². The van der Waals surface area contributed by atoms with E-state index in [1.54, 1.807) is 13.8 Å². The summed E-state index contributed by atoms with van der Waals surface area (Å²) in [6, 6.07) is 7.42. The number of hydrogen-bond donors (Lipinski definition) is 2. The van der Waals surface area contributed by atoms with Crippen molar-refractivity contribution < 1.29 is 21.6 Å². The molecule has 2 aromatic heterocycles. The third kappa shape index (κ3) is 4.97. The minimum atomic E-state index is -4.23. The normalized spacial score (nSPS) is 11.8. The van der Waals surface area contributed by atoms with Crippen molar-refractivity contribution >= 4 is 32.7 Å². The Morgan fingerprint density at radius 2 is 1.69 bits per heavy atom. The first-order valence-electron chi connectivity index (χ1n) is 10.4. The van der Waals surface area contributed by atoms with Crippen molar-refractivity contribution in [2.24, 2.45) is 0 Å². The van der Waals surface area contributed by atoms with E-state index in [1.807, 2.05) is 4.72 Å². The van der Waals surface area contributed by atoms with E-state index in [-0.39, 0.29) is 34.3 Å². The Balaban J connectivity index is 1.75. The van der Waals surface area contributed by atoms with Crippen LogP contribution in [-0.4, -0.2) is 23.0 Å². The molecule has 0 bridgehead atoms. The van der Waals surface area contributed by atoms with Gasteiger partial charge in [0.05, 0.1) is 5.75 Å². The maximum atomic E-state index is 14.9. The molecule has 0 radical (unpaired) electrons. The van der Waals surface area contributed by atoms with Crippen LogP contribution in [0.15, 0.2) is 53.5 Å². The molecule has 0 aliphatic heterocycles. The number of benzene rings is 2. The van der Waals surface area contributed by atoms with E-state index < -0.39 is 44.5 Å². The number of nitrogen functional groups attached to an aromatic ring is 1. The van der Waals surface area contributed by atoms with Gasteiger partial charge in [0.2, 0.25) is 16.0 Å². The molecule has 12 heteroatoms. The van der Waals surface area contributed by atoms with Crippen LogP contribution in [0.2, 0.25) is 0 Å². The van der Waals surface area contributed by atoms with Gasteiger partial charge in [0.25, 0.3) is 5.56 Å². The second-order valence-corrected chi connectivity index (χ2v) is 9.86. The molecule has 0 aliphatic carbocycles. The number of nitrogens with zero attached hydrogens (tertiary/aromatic N) is 3. The van der Waals surface area contributed by atoms with Gasteiger partial charge in [-0.3, -0.25) is 14.1 Å². The van der Waals surface area contributed by atoms with E-state index in [2.05, 4.69) is 9.97 Å². The summed E-state index contributed by atoms with van der Waals surface area (Å²) in [4.78, 5) is 21.2. The predicted molar refractivity (Wildman–Crippen MR) is 127 cm³/mol. The summed E-state index contributed by atoms with van der Waals surface area (Å²) in [5, 5.41) is 0.424. The smallest absolute Gasteiger partial charge is 0.260 e. The van der Waals surface area contributed by atoms with Crippen LogP contribution in [0.3, 0.4) is 0 Å². The van der Waals surface area contributed by atoms with E-state index in [1.165, 1.54) is 29.0 Å². The molecule has 0 saturated heterocycles. The molecule has 0 atom stereocenters. The third-order valence-corrected chi connectivity index (χ3v) is 6.42. The van der Waals surface area contributed by atoms with Crippen molar-refractivity contribution in [3.8, 4) is 11.1 Å². The highest BCUT2D eigenvalue weighted by molar-refractivity contribution is 7.91. The van der Waals surface area contributed by atoms with Gasteiger partial charge in [0.1, 0.15) is 17.2 Å². The fraction of sp³-hybridized carbons (Fsp3) is 0.174. The molecule has 2 heterocycles. The highest BCUT2D eigenvalue weighted by Crippen LogP contribution is 2.29. The lowest BCUT2D eigenvalue weighted by atomic mass is 10.0. The maximum absolute atomic E-state index is 14.9. The molecule has 3 N–H and O–H groups in total. The van der Waals surface area contributed by atoms with Gasteiger partial charge >= 0.3 is 0 Å². The molecule has 35 heavy (non-hydrogen) atoms. The lowest BCUT2D eigenvalue weighted by Crippen LogP contribution is -2.25. The molecule has 0 fully saturated rings. The average molecular weight is 504 g/mol. The van der Waals surface area contributed by atoms with E-state index >= 15 is 0 Å². The van der Waals surface area contributed by atoms with Crippen LogP contribution in [0, 0.1) is 17.5 Å². The minimum absolute atomic E-state index is 0.0295. The SMILES string of the molecule is CC(C)n1c(=O)c(-c2cc(F)c(NS(=O)(=O)Cc3ccc(F)cc3)c(F)c2)cc2cnc(N)nc21. The zero-order valence-corrected chi connectivity index (χ0v) is 19.4. The number of anilines is 2. The highest BCUT2D eigenvalue weighted by atomic mass is 32.2. The number of halogens is 3. The number of aromatic nitrogens is 3. The quantitative estimate of drug-likeness (QED) is 0.411. The topological polar surface area (TPSA) is 120 Å². The average Bonchev–Trinajstić information content (AvgIpc) is 2.77. The van der Waals surface area contributed by atoms with E-state index in [4.69, 9.17) is 5.73 Å². The number of sulfonamides is 1. The maximum Gasteiger partial charge on any atom is 0.260 e. The summed E-state index contributed by atoms with van der Waals surface area (Å²) >= 11 is 0. The Morgan fingerprint density at radius 3 is 2.29 bits per heavy atom. The molecule has 0 saturated carbocycles. The van der Waals surface area contributed by atoms with Gasteiger partial charge in [-0.15, -0.1) is 0 Å². The fourth-order valence-electron chi connectivity index (χ4n) is 3.64. The first-order chi connectivity index (χ1) is 16.4. The summed E-state index contributed by atoms with van der Waals surface area (Å²) in [5.74, 6) is -3.64. The number of nitrogens with one attached hydrogen (secondary N) is 1. The van der Waals surface area contributed by atoms with Crippen molar-refractivity contribution in [3.05, 3.63) is 82.0 Å². The van der Waals surface area contributed by atoms with Gasteiger partial charge in [-0.2, -0.15) is 4.98 Å². The molecular formula is C23H20F3N5O3S. The summed E-state index contributed by atoms with van der Waals surface area (Å²) in [6.07, 6.45) is 1.39. The third-order valence-electron chi connectivity index (χ3n) is 5.19. The molecule has 2 aromatic carbocycles. The number of pyridine rings is 1. The van der Waals surface area contributed by atoms with Crippen molar-refractivity contribution in [1.82, 2.24) is 14.5 Å². The second kappa shape index (κ2) is 9.02. The molecule has 0 unspecified atom stereocenters. The highest BCUT2D eigenvalue weighted by Gasteiger charge is 2.21. The van der Waals surface area contributed by atoms with Crippen LogP contribution < -0.4 is 16.0 Å². The zero-order chi connectivity index (χ0) is 25.5. The summed E-state index contributed by atoms with van der Waals surface area (Å²) in [6.45, 7) is 3.48. The Morgan fingerprint density at radius 1 is 1.06 bits per heavy atom. The van der Waals surface area contributed by atoms with Crippen LogP contribution in [-0.2, 0) is 15.8 Å². The Hall–Kier alpha value is -3.93. The summed E-state index contributed by atoms with van der Waals surface area (Å²) < 4.78 is 71.0. The summed E-state index contributed by atoms with van der Waals surface area (Å²) in [7, 11) is -4.23. The van der Waals surface area contributed by atoms with Crippen LogP contribution in [0.4, 0.5) is 24.8 Å². The molecule has 4 aromatic rings. The van der Waals surface area contributed by atoms with Crippen molar-refractivity contribution in [1.29, 1.82) is 0 Å². The zero-order valence-electron chi connectivity index (χ0n) is 18.6. The van der Waals surface area contributed by atoms with Crippen molar-refractivity contribution in [2.75, 3.05) is 10.5 Å². The van der Waals surface area contributed by atoms with Crippen LogP contribution >= 0.6 is 0 Å². The first kappa shape index (κ1) is 24.2. The number of fused-ring (bicyclic) bond motifs is 1. The molecule has 182 valence electrons.